The molecule has 0 amide bonds. The molecule has 0 saturated carbocycles. The summed E-state index contributed by atoms with van der Waals surface area (Å²) >= 11 is 0. The van der Waals surface area contributed by atoms with Crippen LogP contribution in [-0.4, -0.2) is 71.3 Å². The smallest absolute Gasteiger partial charge is 0.391 e. The van der Waals surface area contributed by atoms with Crippen LogP contribution in [0.3, 0.4) is 0 Å². The fourth-order valence-corrected chi connectivity index (χ4v) is 8.90. The summed E-state index contributed by atoms with van der Waals surface area (Å²) in [5.74, 6) is 0. The summed E-state index contributed by atoms with van der Waals surface area (Å²) in [6, 6.07) is 22.4. The van der Waals surface area contributed by atoms with Gasteiger partial charge in [0.2, 0.25) is 0 Å². The van der Waals surface area contributed by atoms with Crippen LogP contribution in [0.15, 0.2) is 73.4 Å². The Morgan fingerprint density at radius 1 is 0.756 bits per heavy atom. The Kier molecular flexibility index (Phi) is 20.6. The molecular weight excluding hydrogens is 553 g/mol. The van der Waals surface area contributed by atoms with Crippen LogP contribution in [-0.2, 0) is 39.5 Å². The van der Waals surface area contributed by atoms with Crippen LogP contribution >= 0.6 is 0 Å². The van der Waals surface area contributed by atoms with Crippen molar-refractivity contribution in [1.29, 1.82) is 0 Å². The van der Waals surface area contributed by atoms with Crippen LogP contribution in [0.2, 0.25) is 12.1 Å². The Hall–Kier alpha value is -1.87. The molecule has 0 aliphatic rings. The van der Waals surface area contributed by atoms with E-state index in [2.05, 4.69) is 72.7 Å². The molecule has 2 aromatic carbocycles. The van der Waals surface area contributed by atoms with Gasteiger partial charge in [0.25, 0.3) is 0 Å². The van der Waals surface area contributed by atoms with Gasteiger partial charge in [-0.3, -0.25) is 0 Å². The monoisotopic (exact) mass is 606 g/mol. The summed E-state index contributed by atoms with van der Waals surface area (Å²) in [7, 11) is -0.0752. The van der Waals surface area contributed by atoms with Crippen LogP contribution in [0.25, 0.3) is 0 Å². The molecule has 41 heavy (non-hydrogen) atoms. The van der Waals surface area contributed by atoms with Crippen LogP contribution in [0.4, 0.5) is 0 Å². The van der Waals surface area contributed by atoms with Crippen LogP contribution < -0.4 is 10.6 Å². The van der Waals surface area contributed by atoms with Gasteiger partial charge >= 0.3 is 17.6 Å². The number of hydrogen-bond donors (Lipinski definition) is 2. The standard InChI is InChI=1S/C18H31NO3Si.C13H23NO3Si/c1-5-19-14-11-15-23(20-6-2,21-7-3)22-17(4)16-18-12-9-8-10-13-18;1-15-18(16-2,17-3)11-7-10-14-12-13-8-5-4-6-9-13/h5,8-10,12-13,17,19H,1,6-7,11,14-16H2,2-4H3;4-6,8-9,14H,7,10-12H2,1-3H3. The third-order valence-electron chi connectivity index (χ3n) is 6.37. The molecule has 2 N–H and O–H groups in total. The first-order valence-electron chi connectivity index (χ1n) is 14.7. The zero-order valence-corrected chi connectivity index (χ0v) is 28.2. The molecule has 0 aromatic heterocycles. The minimum absolute atomic E-state index is 0.0644. The molecule has 232 valence electrons. The lowest BCUT2D eigenvalue weighted by atomic mass is 10.1. The van der Waals surface area contributed by atoms with Crippen molar-refractivity contribution in [3.05, 3.63) is 84.6 Å². The quantitative estimate of drug-likeness (QED) is 0.128. The maximum atomic E-state index is 6.34. The molecule has 0 spiro atoms. The summed E-state index contributed by atoms with van der Waals surface area (Å²) in [4.78, 5) is 0. The highest BCUT2D eigenvalue weighted by atomic mass is 28.4. The maximum Gasteiger partial charge on any atom is 0.501 e. The molecule has 0 heterocycles. The van der Waals surface area contributed by atoms with E-state index in [0.717, 1.165) is 51.0 Å². The van der Waals surface area contributed by atoms with E-state index in [1.54, 1.807) is 27.5 Å². The fraction of sp³-hybridized carbons (Fsp3) is 0.548. The predicted molar refractivity (Wildman–Crippen MR) is 172 cm³/mol. The van der Waals surface area contributed by atoms with E-state index < -0.39 is 17.6 Å². The van der Waals surface area contributed by atoms with Gasteiger partial charge in [-0.2, -0.15) is 0 Å². The average molecular weight is 607 g/mol. The molecule has 1 unspecified atom stereocenters. The SMILES string of the molecule is C=CNCCC[Si](OCC)(OCC)OC(C)Cc1ccccc1.CO[Si](CCCNCc1ccccc1)(OC)OC. The van der Waals surface area contributed by atoms with Crippen molar-refractivity contribution in [2.45, 2.75) is 64.8 Å². The largest absolute Gasteiger partial charge is 0.501 e. The first kappa shape index (κ1) is 37.2. The van der Waals surface area contributed by atoms with Crippen molar-refractivity contribution in [3.8, 4) is 0 Å². The Balaban J connectivity index is 0.000000422. The van der Waals surface area contributed by atoms with Gasteiger partial charge in [0, 0.05) is 59.7 Å². The number of benzene rings is 2. The highest BCUT2D eigenvalue weighted by Crippen LogP contribution is 2.21. The molecular formula is C31H54N2O6Si2. The number of nitrogens with one attached hydrogen (secondary N) is 2. The zero-order valence-electron chi connectivity index (χ0n) is 26.2. The van der Waals surface area contributed by atoms with Crippen molar-refractivity contribution in [1.82, 2.24) is 10.6 Å². The van der Waals surface area contributed by atoms with Gasteiger partial charge in [-0.1, -0.05) is 67.2 Å². The van der Waals surface area contributed by atoms with Crippen molar-refractivity contribution < 1.29 is 26.6 Å². The molecule has 2 aromatic rings. The lowest BCUT2D eigenvalue weighted by Gasteiger charge is -2.32. The van der Waals surface area contributed by atoms with Crippen molar-refractivity contribution in [2.75, 3.05) is 47.6 Å². The van der Waals surface area contributed by atoms with E-state index in [9.17, 15) is 0 Å². The first-order valence-corrected chi connectivity index (χ1v) is 18.5. The van der Waals surface area contributed by atoms with Crippen LogP contribution in [0, 0.1) is 0 Å². The molecule has 0 bridgehead atoms. The van der Waals surface area contributed by atoms with E-state index in [0.29, 0.717) is 13.2 Å². The highest BCUT2D eigenvalue weighted by molar-refractivity contribution is 6.61. The second-order valence-corrected chi connectivity index (χ2v) is 15.3. The Labute approximate surface area is 251 Å². The molecule has 0 aliphatic heterocycles. The topological polar surface area (TPSA) is 79.4 Å². The second-order valence-electron chi connectivity index (χ2n) is 9.49. The third kappa shape index (κ3) is 15.8. The highest BCUT2D eigenvalue weighted by Gasteiger charge is 2.41. The molecule has 1 atom stereocenters. The third-order valence-corrected chi connectivity index (χ3v) is 12.4. The van der Waals surface area contributed by atoms with E-state index in [4.69, 9.17) is 26.6 Å². The lowest BCUT2D eigenvalue weighted by molar-refractivity contribution is 0.0382. The molecule has 0 fully saturated rings. The Bertz CT molecular complexity index is 876. The summed E-state index contributed by atoms with van der Waals surface area (Å²) in [6.45, 7) is 13.6. The average Bonchev–Trinajstić information content (AvgIpc) is 2.99. The minimum atomic E-state index is -2.64. The molecule has 10 heteroatoms. The van der Waals surface area contributed by atoms with Gasteiger partial charge in [-0.25, -0.2) is 0 Å². The van der Waals surface area contributed by atoms with Gasteiger partial charge in [0.15, 0.2) is 0 Å². The van der Waals surface area contributed by atoms with Gasteiger partial charge in [-0.15, -0.1) is 0 Å². The summed E-state index contributed by atoms with van der Waals surface area (Å²) in [6.07, 6.45) is 4.56. The fourth-order valence-electron chi connectivity index (χ4n) is 4.37. The van der Waals surface area contributed by atoms with Gasteiger partial charge < -0.3 is 37.2 Å². The molecule has 0 radical (unpaired) electrons. The van der Waals surface area contributed by atoms with E-state index in [1.807, 2.05) is 26.0 Å². The van der Waals surface area contributed by atoms with Crippen molar-refractivity contribution in [2.24, 2.45) is 0 Å². The molecule has 8 nitrogen and oxygen atoms in total. The van der Waals surface area contributed by atoms with E-state index in [1.165, 1.54) is 11.1 Å². The van der Waals surface area contributed by atoms with Crippen molar-refractivity contribution >= 4 is 17.6 Å². The van der Waals surface area contributed by atoms with Gasteiger partial charge in [0.05, 0.1) is 6.10 Å². The summed E-state index contributed by atoms with van der Waals surface area (Å²) < 4.78 is 34.4. The van der Waals surface area contributed by atoms with E-state index >= 15 is 0 Å². The minimum Gasteiger partial charge on any atom is -0.391 e. The van der Waals surface area contributed by atoms with Gasteiger partial charge in [0.1, 0.15) is 0 Å². The normalized spacial score (nSPS) is 12.3. The molecule has 2 rings (SSSR count). The Morgan fingerprint density at radius 3 is 1.78 bits per heavy atom. The summed E-state index contributed by atoms with van der Waals surface area (Å²) in [5, 5.41) is 6.52. The summed E-state index contributed by atoms with van der Waals surface area (Å²) in [5.41, 5.74) is 2.57. The number of hydrogen-bond acceptors (Lipinski definition) is 8. The number of rotatable bonds is 22. The first-order chi connectivity index (χ1) is 19.9. The second kappa shape index (κ2) is 22.7. The molecule has 0 saturated heterocycles. The molecule has 0 aliphatic carbocycles. The Morgan fingerprint density at radius 2 is 1.27 bits per heavy atom. The van der Waals surface area contributed by atoms with Gasteiger partial charge in [-0.05, 0) is 63.9 Å². The van der Waals surface area contributed by atoms with Crippen LogP contribution in [0.5, 0.6) is 0 Å². The lowest BCUT2D eigenvalue weighted by Crippen LogP contribution is -2.48. The van der Waals surface area contributed by atoms with Crippen molar-refractivity contribution in [3.63, 3.8) is 0 Å². The maximum absolute atomic E-state index is 6.34. The van der Waals surface area contributed by atoms with E-state index in [-0.39, 0.29) is 6.10 Å². The van der Waals surface area contributed by atoms with Crippen LogP contribution in [0.1, 0.15) is 44.7 Å². The predicted octanol–water partition coefficient (Wildman–Crippen LogP) is 5.81. The zero-order chi connectivity index (χ0) is 30.2.